The Morgan fingerprint density at radius 2 is 2.07 bits per heavy atom. The van der Waals surface area contributed by atoms with Crippen molar-refractivity contribution < 1.29 is 18.0 Å². The van der Waals surface area contributed by atoms with E-state index in [1.807, 2.05) is 6.07 Å². The highest BCUT2D eigenvalue weighted by Crippen LogP contribution is 2.36. The van der Waals surface area contributed by atoms with Crippen LogP contribution in [0.3, 0.4) is 0 Å². The largest absolute Gasteiger partial charge is 0.419 e. The number of pyridine rings is 2. The first-order chi connectivity index (χ1) is 12.9. The smallest absolute Gasteiger partial charge is 0.354 e. The summed E-state index contributed by atoms with van der Waals surface area (Å²) in [5.41, 5.74) is 0.0633. The van der Waals surface area contributed by atoms with Crippen LogP contribution in [0.5, 0.6) is 0 Å². The number of rotatable bonds is 4. The maximum atomic E-state index is 13.3. The van der Waals surface area contributed by atoms with E-state index in [0.29, 0.717) is 19.5 Å². The SMILES string of the molecule is CN(c1ncccc1C(F)(F)F)C1CCCN(C(=O)Cc2cccnc2)C1. The number of nitrogens with zero attached hydrogens (tertiary/aromatic N) is 4. The summed E-state index contributed by atoms with van der Waals surface area (Å²) >= 11 is 0. The number of likely N-dealkylation sites (N-methyl/N-ethyl adjacent to an activating group) is 1. The molecule has 2 aromatic heterocycles. The molecular weight excluding hydrogens is 357 g/mol. The van der Waals surface area contributed by atoms with Crippen LogP contribution in [0, 0.1) is 0 Å². The molecule has 27 heavy (non-hydrogen) atoms. The average Bonchev–Trinajstić information content (AvgIpc) is 2.67. The highest BCUT2D eigenvalue weighted by Gasteiger charge is 2.37. The van der Waals surface area contributed by atoms with Crippen molar-refractivity contribution in [1.29, 1.82) is 0 Å². The molecule has 1 atom stereocenters. The van der Waals surface area contributed by atoms with Crippen molar-refractivity contribution in [1.82, 2.24) is 14.9 Å². The van der Waals surface area contributed by atoms with Crippen LogP contribution < -0.4 is 4.90 Å². The molecule has 1 saturated heterocycles. The molecule has 0 aliphatic carbocycles. The Hall–Kier alpha value is -2.64. The lowest BCUT2D eigenvalue weighted by atomic mass is 10.0. The summed E-state index contributed by atoms with van der Waals surface area (Å²) in [6, 6.07) is 5.71. The molecule has 1 aliphatic heterocycles. The summed E-state index contributed by atoms with van der Waals surface area (Å²) in [5, 5.41) is 0. The Labute approximate surface area is 155 Å². The van der Waals surface area contributed by atoms with Gasteiger partial charge in [-0.2, -0.15) is 13.2 Å². The number of carbonyl (C=O) groups excluding carboxylic acids is 1. The van der Waals surface area contributed by atoms with Crippen molar-refractivity contribution in [3.8, 4) is 0 Å². The lowest BCUT2D eigenvalue weighted by Crippen LogP contribution is -2.49. The van der Waals surface area contributed by atoms with E-state index in [-0.39, 0.29) is 24.2 Å². The number of hydrogen-bond acceptors (Lipinski definition) is 4. The van der Waals surface area contributed by atoms with Crippen LogP contribution in [0.15, 0.2) is 42.9 Å². The van der Waals surface area contributed by atoms with Gasteiger partial charge in [-0.1, -0.05) is 6.07 Å². The Kier molecular flexibility index (Phi) is 5.62. The number of aromatic nitrogens is 2. The van der Waals surface area contributed by atoms with Gasteiger partial charge in [0.05, 0.1) is 12.0 Å². The molecule has 5 nitrogen and oxygen atoms in total. The Morgan fingerprint density at radius 3 is 2.78 bits per heavy atom. The first-order valence-corrected chi connectivity index (χ1v) is 8.78. The number of alkyl halides is 3. The molecular formula is C19H21F3N4O. The van der Waals surface area contributed by atoms with Crippen molar-refractivity contribution in [2.45, 2.75) is 31.5 Å². The lowest BCUT2D eigenvalue weighted by molar-refractivity contribution is -0.137. The third-order valence-corrected chi connectivity index (χ3v) is 4.80. The lowest BCUT2D eigenvalue weighted by Gasteiger charge is -2.38. The molecule has 0 bridgehead atoms. The maximum absolute atomic E-state index is 13.3. The molecule has 0 aromatic carbocycles. The van der Waals surface area contributed by atoms with E-state index < -0.39 is 11.7 Å². The monoisotopic (exact) mass is 378 g/mol. The molecule has 3 heterocycles. The van der Waals surface area contributed by atoms with E-state index in [0.717, 1.165) is 18.1 Å². The van der Waals surface area contributed by atoms with Crippen molar-refractivity contribution in [2.75, 3.05) is 25.0 Å². The number of piperidine rings is 1. The van der Waals surface area contributed by atoms with Gasteiger partial charge in [-0.05, 0) is 36.6 Å². The van der Waals surface area contributed by atoms with Crippen molar-refractivity contribution in [2.24, 2.45) is 0 Å². The average molecular weight is 378 g/mol. The first-order valence-electron chi connectivity index (χ1n) is 8.78. The molecule has 1 unspecified atom stereocenters. The van der Waals surface area contributed by atoms with Crippen molar-refractivity contribution >= 4 is 11.7 Å². The molecule has 144 valence electrons. The fraction of sp³-hybridized carbons (Fsp3) is 0.421. The molecule has 2 aromatic rings. The molecule has 0 saturated carbocycles. The number of halogens is 3. The quantitative estimate of drug-likeness (QED) is 0.820. The number of anilines is 1. The number of hydrogen-bond donors (Lipinski definition) is 0. The molecule has 0 N–H and O–H groups in total. The van der Waals surface area contributed by atoms with Gasteiger partial charge >= 0.3 is 6.18 Å². The summed E-state index contributed by atoms with van der Waals surface area (Å²) in [6.45, 7) is 0.987. The Bertz CT molecular complexity index is 782. The van der Waals surface area contributed by atoms with Crippen LogP contribution >= 0.6 is 0 Å². The molecule has 1 aliphatic rings. The zero-order valence-corrected chi connectivity index (χ0v) is 15.0. The van der Waals surface area contributed by atoms with Crippen LogP contribution in [-0.4, -0.2) is 47.0 Å². The van der Waals surface area contributed by atoms with Gasteiger partial charge in [-0.25, -0.2) is 4.98 Å². The van der Waals surface area contributed by atoms with Gasteiger partial charge in [0, 0.05) is 44.8 Å². The zero-order valence-electron chi connectivity index (χ0n) is 15.0. The minimum atomic E-state index is -4.47. The van der Waals surface area contributed by atoms with Gasteiger partial charge in [-0.15, -0.1) is 0 Å². The fourth-order valence-electron chi connectivity index (χ4n) is 3.36. The van der Waals surface area contributed by atoms with E-state index >= 15 is 0 Å². The van der Waals surface area contributed by atoms with Crippen LogP contribution in [-0.2, 0) is 17.4 Å². The molecule has 1 fully saturated rings. The first kappa shape index (κ1) is 19.1. The maximum Gasteiger partial charge on any atom is 0.419 e. The summed E-state index contributed by atoms with van der Waals surface area (Å²) in [5.74, 6) is -0.144. The number of likely N-dealkylation sites (tertiary alicyclic amines) is 1. The molecule has 0 radical (unpaired) electrons. The van der Waals surface area contributed by atoms with Crippen molar-refractivity contribution in [3.63, 3.8) is 0 Å². The van der Waals surface area contributed by atoms with E-state index in [2.05, 4.69) is 9.97 Å². The van der Waals surface area contributed by atoms with Gasteiger partial charge < -0.3 is 9.80 Å². The van der Waals surface area contributed by atoms with Gasteiger partial charge in [-0.3, -0.25) is 9.78 Å². The van der Waals surface area contributed by atoms with Crippen LogP contribution in [0.25, 0.3) is 0 Å². The number of amides is 1. The highest BCUT2D eigenvalue weighted by atomic mass is 19.4. The van der Waals surface area contributed by atoms with Gasteiger partial charge in [0.1, 0.15) is 5.82 Å². The molecule has 1 amide bonds. The second-order valence-corrected chi connectivity index (χ2v) is 6.66. The van der Waals surface area contributed by atoms with Gasteiger partial charge in [0.25, 0.3) is 0 Å². The van der Waals surface area contributed by atoms with E-state index in [1.54, 1.807) is 35.3 Å². The molecule has 8 heteroatoms. The topological polar surface area (TPSA) is 49.3 Å². The standard InChI is InChI=1S/C19H21F3N4O/c1-25(18-16(19(20,21)22)7-3-9-24-18)15-6-4-10-26(13-15)17(27)11-14-5-2-8-23-12-14/h2-3,5,7-9,12,15H,4,6,10-11,13H2,1H3. The Balaban J connectivity index is 1.72. The van der Waals surface area contributed by atoms with Crippen LogP contribution in [0.2, 0.25) is 0 Å². The second-order valence-electron chi connectivity index (χ2n) is 6.66. The minimum Gasteiger partial charge on any atom is -0.354 e. The van der Waals surface area contributed by atoms with Crippen LogP contribution in [0.1, 0.15) is 24.0 Å². The van der Waals surface area contributed by atoms with E-state index in [1.165, 1.54) is 12.3 Å². The predicted molar refractivity (Wildman–Crippen MR) is 95.2 cm³/mol. The fourth-order valence-corrected chi connectivity index (χ4v) is 3.36. The third kappa shape index (κ3) is 4.56. The molecule has 0 spiro atoms. The number of carbonyl (C=O) groups is 1. The summed E-state index contributed by atoms with van der Waals surface area (Å²) in [6.07, 6.45) is 1.86. The Morgan fingerprint density at radius 1 is 1.30 bits per heavy atom. The summed E-state index contributed by atoms with van der Waals surface area (Å²) in [4.78, 5) is 23.8. The van der Waals surface area contributed by atoms with Gasteiger partial charge in [0.2, 0.25) is 5.91 Å². The molecule has 3 rings (SSSR count). The van der Waals surface area contributed by atoms with Gasteiger partial charge in [0.15, 0.2) is 0 Å². The second kappa shape index (κ2) is 7.94. The van der Waals surface area contributed by atoms with E-state index in [9.17, 15) is 18.0 Å². The predicted octanol–water partition coefficient (Wildman–Crippen LogP) is 3.17. The third-order valence-electron chi connectivity index (χ3n) is 4.80. The summed E-state index contributed by atoms with van der Waals surface area (Å²) < 4.78 is 39.9. The van der Waals surface area contributed by atoms with Crippen LogP contribution in [0.4, 0.5) is 19.0 Å². The van der Waals surface area contributed by atoms with Crippen molar-refractivity contribution in [3.05, 3.63) is 54.0 Å². The highest BCUT2D eigenvalue weighted by molar-refractivity contribution is 5.78. The normalized spacial score (nSPS) is 17.6. The minimum absolute atomic E-state index is 0.0434. The zero-order chi connectivity index (χ0) is 19.4. The van der Waals surface area contributed by atoms with E-state index in [4.69, 9.17) is 0 Å². The summed E-state index contributed by atoms with van der Waals surface area (Å²) in [7, 11) is 1.61.